The fraction of sp³-hybridized carbons (Fsp3) is 0.400. The minimum Gasteiger partial charge on any atom is -0.302 e. The molecule has 1 aliphatic rings. The minimum absolute atomic E-state index is 0.130. The summed E-state index contributed by atoms with van der Waals surface area (Å²) in [6.07, 6.45) is 1.57. The summed E-state index contributed by atoms with van der Waals surface area (Å²) in [5, 5.41) is 15.3. The van der Waals surface area contributed by atoms with Crippen molar-refractivity contribution in [2.24, 2.45) is 11.0 Å². The highest BCUT2D eigenvalue weighted by Gasteiger charge is 2.18. The first-order valence-electron chi connectivity index (χ1n) is 6.59. The first-order valence-corrected chi connectivity index (χ1v) is 6.59. The number of rotatable bonds is 3. The second kappa shape index (κ2) is 8.83. The van der Waals surface area contributed by atoms with Gasteiger partial charge in [0.25, 0.3) is 0 Å². The zero-order valence-electron chi connectivity index (χ0n) is 11.8. The van der Waals surface area contributed by atoms with Crippen LogP contribution in [0.25, 0.3) is 0 Å². The molecule has 1 aromatic carbocycles. The molecule has 2 atom stereocenters. The van der Waals surface area contributed by atoms with E-state index in [2.05, 4.69) is 28.8 Å². The Bertz CT molecular complexity index is 478. The van der Waals surface area contributed by atoms with Gasteiger partial charge >= 0.3 is 0 Å². The predicted octanol–water partition coefficient (Wildman–Crippen LogP) is 1.66. The van der Waals surface area contributed by atoms with E-state index in [1.54, 1.807) is 0 Å². The molecule has 1 saturated heterocycles. The van der Waals surface area contributed by atoms with Crippen molar-refractivity contribution in [3.05, 3.63) is 35.9 Å². The van der Waals surface area contributed by atoms with Crippen LogP contribution in [0.2, 0.25) is 0 Å². The summed E-state index contributed by atoms with van der Waals surface area (Å²) < 4.78 is 0. The lowest BCUT2D eigenvalue weighted by atomic mass is 10.1. The van der Waals surface area contributed by atoms with Crippen molar-refractivity contribution in [1.82, 2.24) is 10.7 Å². The fourth-order valence-corrected chi connectivity index (χ4v) is 1.88. The molecule has 2 unspecified atom stereocenters. The fourth-order valence-electron chi connectivity index (χ4n) is 1.88. The van der Waals surface area contributed by atoms with Crippen LogP contribution in [0.15, 0.2) is 35.4 Å². The van der Waals surface area contributed by atoms with Crippen LogP contribution >= 0.6 is 0 Å². The first kappa shape index (κ1) is 15.9. The quantitative estimate of drug-likeness (QED) is 0.499. The largest absolute Gasteiger partial charge is 0.302 e. The molecule has 1 aliphatic heterocycles. The van der Waals surface area contributed by atoms with Crippen molar-refractivity contribution in [3.63, 3.8) is 0 Å². The van der Waals surface area contributed by atoms with Gasteiger partial charge < -0.3 is 5.32 Å². The Morgan fingerprint density at radius 2 is 2.20 bits per heavy atom. The maximum Gasteiger partial charge on any atom is 0.227 e. The van der Waals surface area contributed by atoms with E-state index in [0.717, 1.165) is 24.2 Å². The molecule has 0 aromatic heterocycles. The van der Waals surface area contributed by atoms with Crippen LogP contribution in [0.1, 0.15) is 25.8 Å². The molecule has 5 heteroatoms. The van der Waals surface area contributed by atoms with E-state index in [9.17, 15) is 4.79 Å². The Morgan fingerprint density at radius 3 is 2.65 bits per heavy atom. The second-order valence-electron chi connectivity index (χ2n) is 4.74. The molecule has 0 saturated carbocycles. The Balaban J connectivity index is 0.000000217. The van der Waals surface area contributed by atoms with Crippen LogP contribution in [0.5, 0.6) is 0 Å². The van der Waals surface area contributed by atoms with Crippen molar-refractivity contribution >= 4 is 12.1 Å². The van der Waals surface area contributed by atoms with E-state index < -0.39 is 0 Å². The lowest BCUT2D eigenvalue weighted by molar-refractivity contribution is -0.109. The zero-order valence-corrected chi connectivity index (χ0v) is 11.8. The molecule has 0 radical (unpaired) electrons. The second-order valence-corrected chi connectivity index (χ2v) is 4.74. The Labute approximate surface area is 119 Å². The van der Waals surface area contributed by atoms with Crippen LogP contribution in [-0.2, 0) is 4.79 Å². The summed E-state index contributed by atoms with van der Waals surface area (Å²) in [5.41, 5.74) is 4.05. The van der Waals surface area contributed by atoms with Gasteiger partial charge in [0.15, 0.2) is 0 Å². The summed E-state index contributed by atoms with van der Waals surface area (Å²) in [6, 6.07) is 12.0. The standard InChI is InChI=1S/C9H10N2O.C6H10N2/c1-8(11-10-7-12)9-5-3-2-4-6-9;1-5-2-6(3-7)8-4-5/h2-7H,1H3,(H,10,12);5-6,8H,2,4H2,1H3/b11-8+;. The van der Waals surface area contributed by atoms with Crippen molar-refractivity contribution in [2.75, 3.05) is 6.54 Å². The number of nitrogens with zero attached hydrogens (tertiary/aromatic N) is 2. The van der Waals surface area contributed by atoms with Crippen LogP contribution in [0, 0.1) is 17.2 Å². The number of carbonyl (C=O) groups excluding carboxylic acids is 1. The average molecular weight is 272 g/mol. The number of hydrogen-bond donors (Lipinski definition) is 2. The maximum atomic E-state index is 9.92. The van der Waals surface area contributed by atoms with Crippen molar-refractivity contribution in [2.45, 2.75) is 26.3 Å². The molecule has 1 amide bonds. The van der Waals surface area contributed by atoms with Gasteiger partial charge in [-0.05, 0) is 31.4 Å². The molecular formula is C15H20N4O. The van der Waals surface area contributed by atoms with Gasteiger partial charge in [-0.2, -0.15) is 10.4 Å². The number of nitrogens with one attached hydrogen (secondary N) is 2. The van der Waals surface area contributed by atoms with E-state index in [1.807, 2.05) is 37.3 Å². The van der Waals surface area contributed by atoms with E-state index in [1.165, 1.54) is 0 Å². The van der Waals surface area contributed by atoms with Gasteiger partial charge in [-0.3, -0.25) is 4.79 Å². The Kier molecular flexibility index (Phi) is 7.01. The molecule has 1 heterocycles. The summed E-state index contributed by atoms with van der Waals surface area (Å²) >= 11 is 0. The lowest BCUT2D eigenvalue weighted by Gasteiger charge is -1.97. The SMILES string of the molecule is C/C(=N\NC=O)c1ccccc1.CC1CNC(C#N)C1. The molecule has 2 rings (SSSR count). The molecule has 1 aromatic rings. The van der Waals surface area contributed by atoms with Crippen LogP contribution in [0.3, 0.4) is 0 Å². The molecule has 2 N–H and O–H groups in total. The number of hydrazone groups is 1. The molecule has 1 fully saturated rings. The third-order valence-electron chi connectivity index (χ3n) is 2.98. The lowest BCUT2D eigenvalue weighted by Crippen LogP contribution is -2.18. The number of carbonyl (C=O) groups is 1. The van der Waals surface area contributed by atoms with Gasteiger partial charge in [0.2, 0.25) is 6.41 Å². The number of hydrogen-bond acceptors (Lipinski definition) is 4. The molecule has 106 valence electrons. The summed E-state index contributed by atoms with van der Waals surface area (Å²) in [7, 11) is 0. The Hall–Kier alpha value is -2.19. The molecule has 0 bridgehead atoms. The Morgan fingerprint density at radius 1 is 1.50 bits per heavy atom. The molecule has 20 heavy (non-hydrogen) atoms. The van der Waals surface area contributed by atoms with Crippen LogP contribution < -0.4 is 10.7 Å². The van der Waals surface area contributed by atoms with Gasteiger partial charge in [-0.25, -0.2) is 5.43 Å². The third-order valence-corrected chi connectivity index (χ3v) is 2.98. The van der Waals surface area contributed by atoms with Crippen molar-refractivity contribution < 1.29 is 4.79 Å². The highest BCUT2D eigenvalue weighted by atomic mass is 16.1. The van der Waals surface area contributed by atoms with E-state index in [4.69, 9.17) is 5.26 Å². The van der Waals surface area contributed by atoms with E-state index in [0.29, 0.717) is 12.3 Å². The molecule has 0 aliphatic carbocycles. The average Bonchev–Trinajstić information content (AvgIpc) is 2.92. The number of benzene rings is 1. The number of nitriles is 1. The van der Waals surface area contributed by atoms with Crippen LogP contribution in [-0.4, -0.2) is 24.7 Å². The topological polar surface area (TPSA) is 77.3 Å². The minimum atomic E-state index is 0.130. The van der Waals surface area contributed by atoms with E-state index >= 15 is 0 Å². The maximum absolute atomic E-state index is 9.92. The summed E-state index contributed by atoms with van der Waals surface area (Å²) in [5.74, 6) is 0.694. The molecule has 5 nitrogen and oxygen atoms in total. The summed E-state index contributed by atoms with van der Waals surface area (Å²) in [4.78, 5) is 9.92. The monoisotopic (exact) mass is 272 g/mol. The van der Waals surface area contributed by atoms with Crippen molar-refractivity contribution in [1.29, 1.82) is 5.26 Å². The van der Waals surface area contributed by atoms with Crippen LogP contribution in [0.4, 0.5) is 0 Å². The smallest absolute Gasteiger partial charge is 0.227 e. The van der Waals surface area contributed by atoms with Gasteiger partial charge in [-0.15, -0.1) is 0 Å². The molecule has 0 spiro atoms. The van der Waals surface area contributed by atoms with Gasteiger partial charge in [0.1, 0.15) is 0 Å². The van der Waals surface area contributed by atoms with Gasteiger partial charge in [0.05, 0.1) is 17.8 Å². The number of amides is 1. The van der Waals surface area contributed by atoms with Gasteiger partial charge in [-0.1, -0.05) is 37.3 Å². The first-order chi connectivity index (χ1) is 9.67. The molecular weight excluding hydrogens is 252 g/mol. The highest BCUT2D eigenvalue weighted by molar-refractivity contribution is 5.98. The third kappa shape index (κ3) is 5.63. The van der Waals surface area contributed by atoms with Crippen molar-refractivity contribution in [3.8, 4) is 6.07 Å². The normalized spacial score (nSPS) is 21.4. The highest BCUT2D eigenvalue weighted by Crippen LogP contribution is 2.10. The van der Waals surface area contributed by atoms with E-state index in [-0.39, 0.29) is 6.04 Å². The predicted molar refractivity (Wildman–Crippen MR) is 79.0 cm³/mol. The van der Waals surface area contributed by atoms with Gasteiger partial charge in [0, 0.05) is 0 Å². The summed E-state index contributed by atoms with van der Waals surface area (Å²) in [6.45, 7) is 5.01. The zero-order chi connectivity index (χ0) is 14.8.